The quantitative estimate of drug-likeness (QED) is 0.0148. The molecule has 10 atom stereocenters. The number of ether oxygens (including phenoxy) is 4. The Bertz CT molecular complexity index is 3640. The summed E-state index contributed by atoms with van der Waals surface area (Å²) in [4.78, 5) is 205. The number of aromatic hydroxyl groups is 1. The minimum Gasteiger partial charge on any atom is -0.508 e. The number of urea groups is 1. The third-order valence-electron chi connectivity index (χ3n) is 17.4. The number of hydrogen-bond acceptors (Lipinski definition) is 22. The molecule has 0 saturated carbocycles. The van der Waals surface area contributed by atoms with Gasteiger partial charge in [0.2, 0.25) is 76.8 Å². The highest BCUT2D eigenvalue weighted by Crippen LogP contribution is 2.37. The van der Waals surface area contributed by atoms with Gasteiger partial charge in [0.15, 0.2) is 0 Å². The monoisotopic (exact) mass is 1580 g/mol. The Morgan fingerprint density at radius 3 is 1.52 bits per heavy atom. The van der Waals surface area contributed by atoms with Crippen LogP contribution >= 0.6 is 19.6 Å². The van der Waals surface area contributed by atoms with Crippen molar-refractivity contribution in [1.29, 1.82) is 0 Å². The Balaban J connectivity index is 0.956. The molecule has 604 valence electrons. The molecule has 3 aliphatic rings. The SMILES string of the molecule is NC(=O)CC[C@@H]1NC(=O)[C@H](Cc2ccc(OP(=O)(O)O)cc2)NC(=O)[C@H](CCC(=O)NCCOCCOCC(=O)NCCOCCOCC(=O)N[C@@H](CCCCNC(=O)CCCCC[C@@H]2SC[C@@H]3NC(=O)N[C@@H]32)C(N)=O)NC(=O)[C@H](Cc2ccccc2)NC(=O)[C@H](Cc2ccc(O)cc2)NC(=O)[C@H](CC(N)=O)NC1=O. The normalized spacial score (nSPS) is 20.7. The van der Waals surface area contributed by atoms with Gasteiger partial charge in [-0.2, -0.15) is 11.8 Å². The first-order valence-electron chi connectivity index (χ1n) is 36.0. The molecule has 3 aromatic rings. The highest BCUT2D eigenvalue weighted by atomic mass is 32.2. The van der Waals surface area contributed by atoms with Crippen LogP contribution < -0.4 is 85.5 Å². The van der Waals surface area contributed by atoms with Crippen molar-refractivity contribution in [1.82, 2.24) is 63.8 Å². The Morgan fingerprint density at radius 1 is 0.482 bits per heavy atom. The number of thioether (sulfide) groups is 1. The van der Waals surface area contributed by atoms with Gasteiger partial charge < -0.3 is 110 Å². The van der Waals surface area contributed by atoms with Crippen molar-refractivity contribution in [2.75, 3.05) is 78.2 Å². The van der Waals surface area contributed by atoms with Crippen LogP contribution in [0.25, 0.3) is 0 Å². The summed E-state index contributed by atoms with van der Waals surface area (Å²) in [7, 11) is -5.03. The van der Waals surface area contributed by atoms with Gasteiger partial charge in [0.05, 0.1) is 58.1 Å². The molecule has 3 heterocycles. The molecule has 21 N–H and O–H groups in total. The molecule has 3 saturated heterocycles. The molecule has 0 unspecified atom stereocenters. The zero-order valence-corrected chi connectivity index (χ0v) is 62.4. The lowest BCUT2D eigenvalue weighted by atomic mass is 10.00. The number of amides is 15. The van der Waals surface area contributed by atoms with Crippen molar-refractivity contribution in [2.24, 2.45) is 17.2 Å². The summed E-state index contributed by atoms with van der Waals surface area (Å²) in [5, 5.41) is 42.1. The number of primary amides is 3. The molecule has 6 rings (SSSR count). The molecular weight excluding hydrogens is 1480 g/mol. The number of carbonyl (C=O) groups is 14. The topological polar surface area (TPSA) is 585 Å². The number of phenols is 1. The lowest BCUT2D eigenvalue weighted by Gasteiger charge is -2.29. The van der Waals surface area contributed by atoms with Crippen LogP contribution in [0.3, 0.4) is 0 Å². The molecule has 0 bridgehead atoms. The van der Waals surface area contributed by atoms with Crippen LogP contribution in [0.4, 0.5) is 4.79 Å². The van der Waals surface area contributed by atoms with Crippen LogP contribution in [0.1, 0.15) is 100 Å². The molecule has 38 nitrogen and oxygen atoms in total. The summed E-state index contributed by atoms with van der Waals surface area (Å²) in [6.07, 6.45) is 1.51. The number of nitrogens with two attached hydrogens (primary N) is 3. The molecule has 3 aromatic carbocycles. The molecule has 40 heteroatoms. The fourth-order valence-electron chi connectivity index (χ4n) is 11.7. The third-order valence-corrected chi connectivity index (χ3v) is 19.3. The van der Waals surface area contributed by atoms with Gasteiger partial charge in [0, 0.05) is 69.2 Å². The Labute approximate surface area is 638 Å². The van der Waals surface area contributed by atoms with Crippen LogP contribution in [-0.4, -0.2) is 236 Å². The lowest BCUT2D eigenvalue weighted by molar-refractivity contribution is -0.137. The maximum Gasteiger partial charge on any atom is 0.524 e. The zero-order chi connectivity index (χ0) is 80.0. The molecule has 3 aliphatic heterocycles. The van der Waals surface area contributed by atoms with Gasteiger partial charge in [0.25, 0.3) is 0 Å². The molecule has 0 aromatic heterocycles. The number of phosphoric acid groups is 1. The van der Waals surface area contributed by atoms with E-state index in [9.17, 15) is 86.6 Å². The minimum absolute atomic E-state index is 0.00781. The van der Waals surface area contributed by atoms with E-state index in [1.165, 1.54) is 36.4 Å². The van der Waals surface area contributed by atoms with E-state index < -0.39 is 160 Å². The van der Waals surface area contributed by atoms with Crippen molar-refractivity contribution in [3.05, 3.63) is 95.6 Å². The van der Waals surface area contributed by atoms with Crippen molar-refractivity contribution in [2.45, 2.75) is 162 Å². The van der Waals surface area contributed by atoms with Gasteiger partial charge in [0.1, 0.15) is 67.0 Å². The molecule has 0 radical (unpaired) electrons. The summed E-state index contributed by atoms with van der Waals surface area (Å²) >= 11 is 1.86. The third kappa shape index (κ3) is 34.3. The van der Waals surface area contributed by atoms with Gasteiger partial charge in [-0.15, -0.1) is 0 Å². The van der Waals surface area contributed by atoms with E-state index in [1.807, 2.05) is 11.8 Å². The highest BCUT2D eigenvalue weighted by Gasteiger charge is 2.43. The van der Waals surface area contributed by atoms with Gasteiger partial charge >= 0.3 is 13.9 Å². The van der Waals surface area contributed by atoms with Crippen molar-refractivity contribution in [3.63, 3.8) is 0 Å². The van der Waals surface area contributed by atoms with Gasteiger partial charge in [-0.1, -0.05) is 67.4 Å². The van der Waals surface area contributed by atoms with E-state index in [2.05, 4.69) is 68.3 Å². The largest absolute Gasteiger partial charge is 0.524 e. The average molecular weight is 1580 g/mol. The maximum atomic E-state index is 14.8. The first-order chi connectivity index (χ1) is 52.6. The summed E-state index contributed by atoms with van der Waals surface area (Å²) in [5.74, 6) is -10.5. The molecule has 0 spiro atoms. The van der Waals surface area contributed by atoms with Crippen LogP contribution in [0.2, 0.25) is 0 Å². The first kappa shape index (κ1) is 88.9. The van der Waals surface area contributed by atoms with Gasteiger partial charge in [-0.3, -0.25) is 72.1 Å². The number of nitrogens with one attached hydrogen (secondary N) is 12. The fraction of sp³-hybridized carbons (Fsp3) is 0.543. The predicted molar refractivity (Wildman–Crippen MR) is 394 cm³/mol. The van der Waals surface area contributed by atoms with E-state index in [1.54, 1.807) is 30.3 Å². The van der Waals surface area contributed by atoms with Crippen molar-refractivity contribution >= 4 is 102 Å². The Hall–Kier alpha value is -10.0. The number of fused-ring (bicyclic) bond motifs is 1. The number of rotatable bonds is 45. The average Bonchev–Trinajstić information content (AvgIpc) is 1.66. The molecule has 110 heavy (non-hydrogen) atoms. The number of carbonyl (C=O) groups excluding carboxylic acids is 14. The van der Waals surface area contributed by atoms with Gasteiger partial charge in [-0.25, -0.2) is 9.36 Å². The van der Waals surface area contributed by atoms with E-state index in [0.717, 1.165) is 43.6 Å². The van der Waals surface area contributed by atoms with Crippen LogP contribution in [0, 0.1) is 0 Å². The number of phosphoric ester groups is 1. The van der Waals surface area contributed by atoms with Crippen LogP contribution in [-0.2, 0) is 105 Å². The van der Waals surface area contributed by atoms with E-state index >= 15 is 0 Å². The second-order valence-electron chi connectivity index (χ2n) is 26.2. The highest BCUT2D eigenvalue weighted by molar-refractivity contribution is 8.00. The zero-order valence-electron chi connectivity index (χ0n) is 60.7. The van der Waals surface area contributed by atoms with Crippen LogP contribution in [0.15, 0.2) is 78.9 Å². The van der Waals surface area contributed by atoms with E-state index in [4.69, 9.17) is 36.1 Å². The van der Waals surface area contributed by atoms with E-state index in [0.29, 0.717) is 42.2 Å². The maximum absolute atomic E-state index is 14.8. The summed E-state index contributed by atoms with van der Waals surface area (Å²) in [6, 6.07) is 7.76. The number of hydrogen-bond donors (Lipinski definition) is 18. The number of phenolic OH excluding ortho intramolecular Hbond substituents is 1. The lowest BCUT2D eigenvalue weighted by Crippen LogP contribution is -2.62. The molecule has 15 amide bonds. The second-order valence-corrected chi connectivity index (χ2v) is 28.6. The molecule has 0 aliphatic carbocycles. The number of benzene rings is 3. The smallest absolute Gasteiger partial charge is 0.508 e. The molecule has 3 fully saturated rings. The summed E-state index contributed by atoms with van der Waals surface area (Å²) in [6.45, 7) is -0.127. The molecular formula is C70H100N15O23PS. The Kier molecular flexibility index (Phi) is 38.1. The second kappa shape index (κ2) is 47.1. The van der Waals surface area contributed by atoms with Gasteiger partial charge in [-0.05, 0) is 85.9 Å². The summed E-state index contributed by atoms with van der Waals surface area (Å²) < 4.78 is 38.0. The predicted octanol–water partition coefficient (Wildman–Crippen LogP) is -3.59. The van der Waals surface area contributed by atoms with Crippen LogP contribution in [0.5, 0.6) is 11.5 Å². The number of unbranched alkanes of at least 4 members (excludes halogenated alkanes) is 3. The van der Waals surface area contributed by atoms with Crippen molar-refractivity contribution in [3.8, 4) is 11.5 Å². The standard InChI is InChI=1S/C70H100N15O23PS/c71-56(87)24-22-48-64(94)83-53(38-57(72)88)69(99)82-52(36-43-14-18-45(86)19-15-43)68(98)81-50(35-42-9-3-1-4-10-42)66(96)79-49(65(95)80-51(67(97)78-48)37-44-16-20-46(21-17-44)108-109(101,102)103)23-25-59(90)75-27-29-104-31-33-106-39-60(91)76-28-30-105-32-34-107-40-61(92)77-47(63(73)93)11-7-8-26-74-58(89)13-6-2-5-12-55-62-54(41-110-55)84-70(100)85-62/h1,3-4,9-10,14-21,47-55,62,86H,2,5-8,11-13,22-41H2,(H2,71,87)(H2,72,88)(H2,73,93)(H,74,89)(H,75,90)(H,76,91)(H,77,92)(H,78,97)(H,79,96)(H,80,95)(H,81,98)(H,82,99)(H,83,94)(H2,84,85,100)(H2,101,102,103)/t47-,48-,49-,50-,51-,52-,53-,54-,55-,62-/m0/s1. The summed E-state index contributed by atoms with van der Waals surface area (Å²) in [5.41, 5.74) is 17.6. The fourth-order valence-corrected chi connectivity index (χ4v) is 13.7. The first-order valence-corrected chi connectivity index (χ1v) is 38.6. The van der Waals surface area contributed by atoms with E-state index in [-0.39, 0.29) is 126 Å². The Morgan fingerprint density at radius 2 is 0.964 bits per heavy atom. The van der Waals surface area contributed by atoms with Crippen molar-refractivity contribution < 1.29 is 110 Å². The minimum atomic E-state index is -5.03.